The number of nitrogens with one attached hydrogen (secondary N) is 1. The second-order valence-corrected chi connectivity index (χ2v) is 12.3. The third-order valence-corrected chi connectivity index (χ3v) is 7.59. The maximum atomic E-state index is 12.4. The van der Waals surface area contributed by atoms with Gasteiger partial charge in [0, 0.05) is 23.4 Å². The van der Waals surface area contributed by atoms with Gasteiger partial charge in [0.15, 0.2) is 0 Å². The van der Waals surface area contributed by atoms with Gasteiger partial charge in [-0.1, -0.05) is 33.6 Å². The molecule has 4 rings (SSSR count). The minimum atomic E-state index is -0.456. The van der Waals surface area contributed by atoms with Crippen LogP contribution in [0, 0.1) is 5.92 Å². The van der Waals surface area contributed by atoms with Crippen LogP contribution in [-0.2, 0) is 17.8 Å². The number of aryl methyl sites for hydroxylation is 1. The molecule has 0 atom stereocenters. The quantitative estimate of drug-likeness (QED) is 0.174. The van der Waals surface area contributed by atoms with Crippen molar-refractivity contribution in [3.63, 3.8) is 0 Å². The van der Waals surface area contributed by atoms with Gasteiger partial charge in [0.1, 0.15) is 35.0 Å². The monoisotopic (exact) mass is 619 g/mol. The molecule has 1 aliphatic rings. The van der Waals surface area contributed by atoms with Crippen LogP contribution in [0.15, 0.2) is 36.4 Å². The van der Waals surface area contributed by atoms with Gasteiger partial charge in [-0.3, -0.25) is 0 Å². The molecular weight excluding hydrogens is 582 g/mol. The Hall–Kier alpha value is -2.45. The smallest absolute Gasteiger partial charge is 0.410 e. The van der Waals surface area contributed by atoms with E-state index in [1.165, 1.54) is 5.56 Å². The zero-order chi connectivity index (χ0) is 27.8. The fourth-order valence-electron chi connectivity index (χ4n) is 4.79. The molecule has 0 unspecified atom stereocenters. The number of rotatable bonds is 11. The number of likely N-dealkylation sites (tertiary alicyclic amines) is 1. The SMILES string of the molecule is CC(C)(C)OC(=O)N1CCC(CCCc2ccc3[nH]c(COc4ccc(Cl)cc4)nc3c2OCCCBr)CC1. The first-order valence-corrected chi connectivity index (χ1v) is 15.3. The lowest BCUT2D eigenvalue weighted by atomic mass is 9.90. The number of hydrogen-bond acceptors (Lipinski definition) is 5. The largest absolute Gasteiger partial charge is 0.491 e. The molecule has 39 heavy (non-hydrogen) atoms. The van der Waals surface area contributed by atoms with Gasteiger partial charge in [0.2, 0.25) is 0 Å². The number of aromatic nitrogens is 2. The molecule has 212 valence electrons. The average molecular weight is 621 g/mol. The molecule has 0 spiro atoms. The summed E-state index contributed by atoms with van der Waals surface area (Å²) in [6.07, 6.45) is 5.87. The van der Waals surface area contributed by atoms with E-state index >= 15 is 0 Å². The molecule has 0 bridgehead atoms. The van der Waals surface area contributed by atoms with E-state index in [9.17, 15) is 4.79 Å². The van der Waals surface area contributed by atoms with E-state index in [1.54, 1.807) is 0 Å². The van der Waals surface area contributed by atoms with Crippen LogP contribution in [-0.4, -0.2) is 51.6 Å². The van der Waals surface area contributed by atoms with Gasteiger partial charge in [-0.05, 0) is 101 Å². The molecule has 0 radical (unpaired) electrons. The first-order chi connectivity index (χ1) is 18.7. The van der Waals surface area contributed by atoms with Crippen LogP contribution in [0.4, 0.5) is 4.79 Å². The first kappa shape index (κ1) is 29.5. The van der Waals surface area contributed by atoms with Crippen molar-refractivity contribution in [3.8, 4) is 11.5 Å². The number of hydrogen-bond donors (Lipinski definition) is 1. The van der Waals surface area contributed by atoms with Gasteiger partial charge in [-0.25, -0.2) is 9.78 Å². The molecule has 1 aliphatic heterocycles. The molecular formula is C30H39BrClN3O4. The number of fused-ring (bicyclic) bond motifs is 1. The summed E-state index contributed by atoms with van der Waals surface area (Å²) in [4.78, 5) is 22.4. The van der Waals surface area contributed by atoms with Gasteiger partial charge < -0.3 is 24.1 Å². The fraction of sp³-hybridized carbons (Fsp3) is 0.533. The van der Waals surface area contributed by atoms with Gasteiger partial charge in [-0.15, -0.1) is 0 Å². The molecule has 3 aromatic rings. The highest BCUT2D eigenvalue weighted by Gasteiger charge is 2.26. The van der Waals surface area contributed by atoms with E-state index in [0.717, 1.165) is 85.3 Å². The van der Waals surface area contributed by atoms with Gasteiger partial charge in [-0.2, -0.15) is 0 Å². The highest BCUT2D eigenvalue weighted by atomic mass is 79.9. The number of carbonyl (C=O) groups is 1. The Labute approximate surface area is 244 Å². The molecule has 1 fully saturated rings. The maximum absolute atomic E-state index is 12.4. The zero-order valence-electron chi connectivity index (χ0n) is 23.1. The zero-order valence-corrected chi connectivity index (χ0v) is 25.4. The second-order valence-electron chi connectivity index (χ2n) is 11.1. The van der Waals surface area contributed by atoms with Crippen LogP contribution in [0.5, 0.6) is 11.5 Å². The van der Waals surface area contributed by atoms with Crippen LogP contribution < -0.4 is 9.47 Å². The lowest BCUT2D eigenvalue weighted by Crippen LogP contribution is -2.41. The lowest BCUT2D eigenvalue weighted by Gasteiger charge is -2.33. The Balaban J connectivity index is 1.35. The number of carbonyl (C=O) groups excluding carboxylic acids is 1. The number of aromatic amines is 1. The summed E-state index contributed by atoms with van der Waals surface area (Å²) >= 11 is 9.47. The number of piperidine rings is 1. The Bertz CT molecular complexity index is 1220. The highest BCUT2D eigenvalue weighted by molar-refractivity contribution is 9.09. The number of H-pyrrole nitrogens is 1. The van der Waals surface area contributed by atoms with Crippen molar-refractivity contribution in [2.75, 3.05) is 25.0 Å². The molecule has 0 saturated carbocycles. The molecule has 2 heterocycles. The third kappa shape index (κ3) is 8.77. The van der Waals surface area contributed by atoms with E-state index in [4.69, 9.17) is 30.8 Å². The predicted octanol–water partition coefficient (Wildman–Crippen LogP) is 7.93. The Morgan fingerprint density at radius 2 is 1.85 bits per heavy atom. The summed E-state index contributed by atoms with van der Waals surface area (Å²) in [5, 5.41) is 1.57. The van der Waals surface area contributed by atoms with Crippen molar-refractivity contribution < 1.29 is 19.0 Å². The normalized spacial score (nSPS) is 14.5. The van der Waals surface area contributed by atoms with Gasteiger partial charge in [0.25, 0.3) is 0 Å². The number of amides is 1. The standard InChI is InChI=1S/C30H39BrClN3O4/c1-30(2,3)39-29(36)35-17-14-21(15-18-35)6-4-7-22-8-13-25-27(28(22)37-19-5-16-31)34-26(33-25)20-38-24-11-9-23(32)10-12-24/h8-13,21H,4-7,14-20H2,1-3H3,(H,33,34). The van der Waals surface area contributed by atoms with Gasteiger partial charge in [0.05, 0.1) is 12.1 Å². The number of imidazole rings is 1. The molecule has 1 aromatic heterocycles. The first-order valence-electron chi connectivity index (χ1n) is 13.8. The summed E-state index contributed by atoms with van der Waals surface area (Å²) < 4.78 is 17.7. The van der Waals surface area contributed by atoms with Crippen molar-refractivity contribution in [2.45, 2.75) is 71.5 Å². The Morgan fingerprint density at radius 1 is 1.10 bits per heavy atom. The highest BCUT2D eigenvalue weighted by Crippen LogP contribution is 2.32. The fourth-order valence-corrected chi connectivity index (χ4v) is 5.15. The minimum Gasteiger partial charge on any atom is -0.491 e. The number of halogens is 2. The van der Waals surface area contributed by atoms with Crippen molar-refractivity contribution >= 4 is 44.7 Å². The topological polar surface area (TPSA) is 76.7 Å². The van der Waals surface area contributed by atoms with Crippen molar-refractivity contribution in [1.82, 2.24) is 14.9 Å². The van der Waals surface area contributed by atoms with E-state index in [0.29, 0.717) is 24.2 Å². The summed E-state index contributed by atoms with van der Waals surface area (Å²) in [5.41, 5.74) is 2.52. The molecule has 0 aliphatic carbocycles. The minimum absolute atomic E-state index is 0.198. The number of alkyl halides is 1. The number of benzene rings is 2. The molecule has 1 N–H and O–H groups in total. The molecule has 2 aromatic carbocycles. The Morgan fingerprint density at radius 3 is 2.54 bits per heavy atom. The number of ether oxygens (including phenoxy) is 3. The average Bonchev–Trinajstić information content (AvgIpc) is 3.32. The molecule has 1 amide bonds. The Kier molecular flexibility index (Phi) is 10.4. The van der Waals surface area contributed by atoms with Crippen molar-refractivity contribution in [1.29, 1.82) is 0 Å². The molecule has 7 nitrogen and oxygen atoms in total. The van der Waals surface area contributed by atoms with Crippen molar-refractivity contribution in [3.05, 3.63) is 52.8 Å². The number of nitrogens with zero attached hydrogens (tertiary/aromatic N) is 2. The second kappa shape index (κ2) is 13.8. The summed E-state index contributed by atoms with van der Waals surface area (Å²) in [6.45, 7) is 8.21. The summed E-state index contributed by atoms with van der Waals surface area (Å²) in [7, 11) is 0. The van der Waals surface area contributed by atoms with E-state index in [2.05, 4.69) is 33.0 Å². The van der Waals surface area contributed by atoms with E-state index in [-0.39, 0.29) is 6.09 Å². The molecule has 9 heteroatoms. The van der Waals surface area contributed by atoms with E-state index in [1.807, 2.05) is 49.9 Å². The van der Waals surface area contributed by atoms with Crippen LogP contribution in [0.25, 0.3) is 11.0 Å². The van der Waals surface area contributed by atoms with E-state index < -0.39 is 5.60 Å². The predicted molar refractivity (Wildman–Crippen MR) is 159 cm³/mol. The van der Waals surface area contributed by atoms with Crippen molar-refractivity contribution in [2.24, 2.45) is 5.92 Å². The van der Waals surface area contributed by atoms with Crippen LogP contribution in [0.2, 0.25) is 5.02 Å². The maximum Gasteiger partial charge on any atom is 0.410 e. The summed E-state index contributed by atoms with van der Waals surface area (Å²) in [6, 6.07) is 11.5. The van der Waals surface area contributed by atoms with Gasteiger partial charge >= 0.3 is 6.09 Å². The van der Waals surface area contributed by atoms with Crippen LogP contribution in [0.3, 0.4) is 0 Å². The summed E-state index contributed by atoms with van der Waals surface area (Å²) in [5.74, 6) is 2.97. The molecule has 1 saturated heterocycles. The lowest BCUT2D eigenvalue weighted by molar-refractivity contribution is 0.0180. The van der Waals surface area contributed by atoms with Crippen LogP contribution >= 0.6 is 27.5 Å². The van der Waals surface area contributed by atoms with Crippen LogP contribution in [0.1, 0.15) is 64.3 Å². The third-order valence-electron chi connectivity index (χ3n) is 6.78.